The number of phenols is 1. The number of aliphatic hydroxyl groups excluding tert-OH is 3. The molecule has 1 unspecified atom stereocenters. The van der Waals surface area contributed by atoms with Crippen LogP contribution in [0.1, 0.15) is 76.8 Å². The lowest BCUT2D eigenvalue weighted by atomic mass is 9.93. The van der Waals surface area contributed by atoms with Gasteiger partial charge in [-0.3, -0.25) is 66.6 Å². The average molecular weight is 1210 g/mol. The highest BCUT2D eigenvalue weighted by Gasteiger charge is 2.45. The van der Waals surface area contributed by atoms with E-state index in [1.807, 2.05) is 0 Å². The molecule has 466 valence electrons. The van der Waals surface area contributed by atoms with Crippen LogP contribution in [0, 0.1) is 11.8 Å². The number of imide groups is 1. The van der Waals surface area contributed by atoms with Gasteiger partial charge in [-0.2, -0.15) is 0 Å². The number of benzene rings is 1. The maximum absolute atomic E-state index is 15.3. The Bertz CT molecular complexity index is 2960. The van der Waals surface area contributed by atoms with Crippen molar-refractivity contribution in [2.45, 2.75) is 132 Å². The second kappa shape index (κ2) is 29.8. The van der Waals surface area contributed by atoms with Crippen LogP contribution in [0.4, 0.5) is 0 Å². The van der Waals surface area contributed by atoms with Crippen molar-refractivity contribution in [3.63, 3.8) is 0 Å². The fourth-order valence-electron chi connectivity index (χ4n) is 10.3. The average Bonchev–Trinajstić information content (AvgIpc) is 2.73. The predicted octanol–water partition coefficient (Wildman–Crippen LogP) is -5.54. The fraction of sp³-hybridized carbons (Fsp3) is 0.593. The normalized spacial score (nSPS) is 25.2. The molecule has 2 aromatic rings. The third-order valence-electron chi connectivity index (χ3n) is 15.7. The Morgan fingerprint density at radius 1 is 0.812 bits per heavy atom. The summed E-state index contributed by atoms with van der Waals surface area (Å²) in [5, 5.41) is 60.6. The van der Waals surface area contributed by atoms with Gasteiger partial charge in [0.1, 0.15) is 47.0 Å². The molecule has 85 heavy (non-hydrogen) atoms. The van der Waals surface area contributed by atoms with Crippen molar-refractivity contribution < 1.29 is 82.2 Å². The van der Waals surface area contributed by atoms with Crippen molar-refractivity contribution in [2.75, 3.05) is 65.7 Å². The van der Waals surface area contributed by atoms with E-state index in [2.05, 4.69) is 42.2 Å². The van der Waals surface area contributed by atoms with Crippen molar-refractivity contribution >= 4 is 92.6 Å². The van der Waals surface area contributed by atoms with E-state index in [0.717, 1.165) is 9.80 Å². The van der Waals surface area contributed by atoms with E-state index in [-0.39, 0.29) is 83.1 Å². The summed E-state index contributed by atoms with van der Waals surface area (Å²) in [4.78, 5) is 172. The highest BCUT2D eigenvalue weighted by molar-refractivity contribution is 7.85. The van der Waals surface area contributed by atoms with Crippen LogP contribution < -0.4 is 43.0 Å². The molecule has 2 bridgehead atoms. The van der Waals surface area contributed by atoms with Gasteiger partial charge >= 0.3 is 0 Å². The third-order valence-corrected chi connectivity index (χ3v) is 17.1. The number of aromatic nitrogens is 1. The Balaban J connectivity index is 1.44. The number of fused-ring (bicyclic) bond motifs is 5. The van der Waals surface area contributed by atoms with Crippen LogP contribution >= 0.6 is 0 Å². The number of nitrogens with two attached hydrogens (primary N) is 1. The number of hydrogen-bond acceptors (Lipinski definition) is 18. The van der Waals surface area contributed by atoms with Gasteiger partial charge in [-0.05, 0) is 43.5 Å². The van der Waals surface area contributed by atoms with Gasteiger partial charge in [0.25, 0.3) is 11.8 Å². The first-order valence-electron chi connectivity index (χ1n) is 28.0. The van der Waals surface area contributed by atoms with Gasteiger partial charge in [-0.1, -0.05) is 33.6 Å². The standard InChI is InChI=1S/C54H77N13O17S/c1-6-27(2)45-51(81)57-21-40(73)58-35-26-85(84)53-31(30-11-12-37(70)32(47(30)63-53)24-64(4)16-17-65(5)42(75)10-8-7-9-15-66-43(76)13-14-44(66)77)19-33(48(78)56-22-41(74)61-45)59-52(82)46(28(3)38(71)25-68)62-50(80)36-18-29(69)23-67(36)54(83)34(20-39(55)72)60-49(35)79/h11-14,27-29,33-36,38,45-46,63,68-71H,6-10,15-26H2,1-5H3,(H2,55,72)(H,56,78)(H,57,81)(H,58,73)(H,59,82)(H,60,79)(H,61,74)(H,62,80)/t27-,28+,29+,33+,34-,35+,36-,38+,45-,46-,85?/m0/s1. The number of unbranched alkanes of at least 4 members (excludes halogenated alkanes) is 2. The third kappa shape index (κ3) is 16.9. The number of H-pyrrole nitrogens is 1. The number of rotatable bonds is 18. The van der Waals surface area contributed by atoms with E-state index in [4.69, 9.17) is 5.73 Å². The van der Waals surface area contributed by atoms with E-state index in [9.17, 15) is 78.0 Å². The highest BCUT2D eigenvalue weighted by atomic mass is 32.2. The maximum Gasteiger partial charge on any atom is 0.253 e. The molecule has 1 saturated heterocycles. The molecule has 14 N–H and O–H groups in total. The van der Waals surface area contributed by atoms with Gasteiger partial charge in [0, 0.05) is 88.1 Å². The summed E-state index contributed by atoms with van der Waals surface area (Å²) < 4.78 is 15.3. The summed E-state index contributed by atoms with van der Waals surface area (Å²) in [5.41, 5.74) is 5.92. The molecular formula is C54H77N13O17S. The first-order valence-corrected chi connectivity index (χ1v) is 29.4. The molecular weight excluding hydrogens is 1130 g/mol. The largest absolute Gasteiger partial charge is 0.508 e. The van der Waals surface area contributed by atoms with E-state index in [1.165, 1.54) is 36.1 Å². The zero-order valence-electron chi connectivity index (χ0n) is 48.0. The molecule has 12 amide bonds. The zero-order chi connectivity index (χ0) is 62.6. The van der Waals surface area contributed by atoms with Crippen LogP contribution in [-0.2, 0) is 81.3 Å². The molecule has 30 nitrogen and oxygen atoms in total. The molecule has 0 spiro atoms. The number of hydrogen-bond donors (Lipinski definition) is 13. The molecule has 31 heteroatoms. The van der Waals surface area contributed by atoms with E-state index < -0.39 is 176 Å². The van der Waals surface area contributed by atoms with E-state index >= 15 is 4.21 Å². The number of amides is 12. The summed E-state index contributed by atoms with van der Waals surface area (Å²) >= 11 is 0. The van der Waals surface area contributed by atoms with Crippen LogP contribution in [0.5, 0.6) is 5.75 Å². The number of carbonyl (C=O) groups excluding carboxylic acids is 12. The molecule has 1 aromatic heterocycles. The topological polar surface area (TPSA) is 442 Å². The van der Waals surface area contributed by atoms with Gasteiger partial charge in [0.15, 0.2) is 0 Å². The summed E-state index contributed by atoms with van der Waals surface area (Å²) in [7, 11) is 0.793. The minimum Gasteiger partial charge on any atom is -0.508 e. The lowest BCUT2D eigenvalue weighted by Crippen LogP contribution is -2.62. The predicted molar refractivity (Wildman–Crippen MR) is 301 cm³/mol. The van der Waals surface area contributed by atoms with Gasteiger partial charge in [-0.15, -0.1) is 0 Å². The second-order valence-electron chi connectivity index (χ2n) is 21.9. The molecule has 11 atom stereocenters. The number of carbonyl (C=O) groups is 12. The number of aromatic amines is 1. The van der Waals surface area contributed by atoms with Crippen molar-refractivity contribution in [2.24, 2.45) is 17.6 Å². The van der Waals surface area contributed by atoms with Gasteiger partial charge in [0.2, 0.25) is 59.1 Å². The van der Waals surface area contributed by atoms with E-state index in [0.29, 0.717) is 25.7 Å². The van der Waals surface area contributed by atoms with Crippen LogP contribution in [0.25, 0.3) is 10.9 Å². The smallest absolute Gasteiger partial charge is 0.253 e. The SMILES string of the molecule is CC[C@H](C)[C@@H]1NC(=O)CNC(=O)[C@H]2Cc3c([nH]c4c(CN(C)CCN(C)C(=O)CCCCCN5C(=O)C=CC5=O)c(O)ccc34)S(=O)C[C@@H](NC(=O)CNC1=O)C(=O)N[C@@H](CC(N)=O)C(=O)N1C[C@H](O)C[C@H]1C(=O)N[C@@H]([C@H](C)[C@H](O)CO)C(=O)N2. The molecule has 6 rings (SSSR count). The monoisotopic (exact) mass is 1210 g/mol. The molecule has 4 aliphatic rings. The molecule has 1 fully saturated rings. The second-order valence-corrected chi connectivity index (χ2v) is 23.4. The van der Waals surface area contributed by atoms with Crippen LogP contribution in [0.3, 0.4) is 0 Å². The maximum atomic E-state index is 15.3. The van der Waals surface area contributed by atoms with Crippen LogP contribution in [0.2, 0.25) is 0 Å². The Hall–Kier alpha value is -7.87. The lowest BCUT2D eigenvalue weighted by molar-refractivity contribution is -0.144. The Morgan fingerprint density at radius 3 is 2.14 bits per heavy atom. The minimum atomic E-state index is -2.52. The number of likely N-dealkylation sites (N-methyl/N-ethyl adjacent to an activating group) is 2. The number of aliphatic hydroxyl groups is 3. The van der Waals surface area contributed by atoms with Crippen molar-refractivity contribution in [3.05, 3.63) is 35.4 Å². The molecule has 5 heterocycles. The molecule has 4 aliphatic heterocycles. The Labute approximate surface area is 491 Å². The number of nitrogens with zero attached hydrogens (tertiary/aromatic N) is 4. The highest BCUT2D eigenvalue weighted by Crippen LogP contribution is 2.34. The number of nitrogens with one attached hydrogen (secondary N) is 8. The summed E-state index contributed by atoms with van der Waals surface area (Å²) in [6, 6.07) is -7.64. The first-order chi connectivity index (χ1) is 40.2. The summed E-state index contributed by atoms with van der Waals surface area (Å²) in [6.07, 6.45) is -0.532. The number of primary amides is 1. The minimum absolute atomic E-state index is 0.0148. The van der Waals surface area contributed by atoms with Crippen LogP contribution in [-0.4, -0.2) is 234 Å². The number of phenolic OH excluding ortho intramolecular Hbond substituents is 1. The van der Waals surface area contributed by atoms with Crippen molar-refractivity contribution in [1.29, 1.82) is 0 Å². The summed E-state index contributed by atoms with van der Waals surface area (Å²) in [6.45, 7) is 2.19. The van der Waals surface area contributed by atoms with E-state index in [1.54, 1.807) is 32.8 Å². The molecule has 1 aromatic carbocycles. The van der Waals surface area contributed by atoms with Crippen molar-refractivity contribution in [1.82, 2.24) is 61.8 Å². The van der Waals surface area contributed by atoms with Crippen molar-refractivity contribution in [3.8, 4) is 5.75 Å². The number of aromatic hydroxyl groups is 1. The quantitative estimate of drug-likeness (QED) is 0.0489. The zero-order valence-corrected chi connectivity index (χ0v) is 48.8. The summed E-state index contributed by atoms with van der Waals surface area (Å²) in [5.74, 6) is -13.6. The first kappa shape index (κ1) is 66.3. The van der Waals surface area contributed by atoms with Crippen LogP contribution in [0.15, 0.2) is 29.3 Å². The van der Waals surface area contributed by atoms with Gasteiger partial charge < -0.3 is 83.1 Å². The molecule has 0 radical (unpaired) electrons. The Kier molecular flexibility index (Phi) is 23.2. The fourth-order valence-corrected chi connectivity index (χ4v) is 11.7. The molecule has 0 aliphatic carbocycles. The van der Waals surface area contributed by atoms with Gasteiger partial charge in [0.05, 0.1) is 60.4 Å². The Morgan fingerprint density at radius 2 is 1.48 bits per heavy atom. The van der Waals surface area contributed by atoms with Gasteiger partial charge in [-0.25, -0.2) is 0 Å². The lowest BCUT2D eigenvalue weighted by Gasteiger charge is -2.32. The molecule has 0 saturated carbocycles.